The first-order chi connectivity index (χ1) is 11.1. The van der Waals surface area contributed by atoms with Gasteiger partial charge in [0.1, 0.15) is 5.75 Å². The summed E-state index contributed by atoms with van der Waals surface area (Å²) < 4.78 is 5.23. The summed E-state index contributed by atoms with van der Waals surface area (Å²) in [6.45, 7) is 2.46. The molecule has 1 N–H and O–H groups in total. The average molecular weight is 326 g/mol. The van der Waals surface area contributed by atoms with Crippen molar-refractivity contribution in [1.82, 2.24) is 10.3 Å². The summed E-state index contributed by atoms with van der Waals surface area (Å²) in [5.74, 6) is 0.835. The first-order valence-corrected chi connectivity index (χ1v) is 8.26. The van der Waals surface area contributed by atoms with Gasteiger partial charge >= 0.3 is 0 Å². The lowest BCUT2D eigenvalue weighted by molar-refractivity contribution is -0.120. The number of carbonyl (C=O) groups excluding carboxylic acids is 1. The van der Waals surface area contributed by atoms with E-state index in [0.717, 1.165) is 32.8 Å². The molecule has 1 aromatic heterocycles. The number of rotatable bonds is 5. The molecule has 0 aliphatic carbocycles. The van der Waals surface area contributed by atoms with E-state index in [1.165, 1.54) is 0 Å². The molecular weight excluding hydrogens is 308 g/mol. The van der Waals surface area contributed by atoms with Crippen molar-refractivity contribution >= 4 is 28.0 Å². The number of thiazole rings is 1. The van der Waals surface area contributed by atoms with Gasteiger partial charge in [0.25, 0.3) is 0 Å². The predicted molar refractivity (Wildman–Crippen MR) is 92.9 cm³/mol. The minimum absolute atomic E-state index is 0.00914. The van der Waals surface area contributed by atoms with E-state index < -0.39 is 0 Å². The minimum Gasteiger partial charge on any atom is -0.497 e. The molecule has 0 aliphatic heterocycles. The van der Waals surface area contributed by atoms with Gasteiger partial charge in [-0.1, -0.05) is 18.2 Å². The quantitative estimate of drug-likeness (QED) is 0.781. The second kappa shape index (κ2) is 6.79. The largest absolute Gasteiger partial charge is 0.497 e. The lowest BCUT2D eigenvalue weighted by Gasteiger charge is -2.07. The lowest BCUT2D eigenvalue weighted by Crippen LogP contribution is -2.24. The summed E-state index contributed by atoms with van der Waals surface area (Å²) in [6, 6.07) is 12.1. The Labute approximate surface area is 139 Å². The van der Waals surface area contributed by atoms with Crippen molar-refractivity contribution in [2.45, 2.75) is 19.9 Å². The Bertz CT molecular complexity index is 842. The van der Waals surface area contributed by atoms with Crippen molar-refractivity contribution in [2.75, 3.05) is 7.11 Å². The van der Waals surface area contributed by atoms with E-state index in [2.05, 4.69) is 16.4 Å². The van der Waals surface area contributed by atoms with Crippen molar-refractivity contribution in [1.29, 1.82) is 0 Å². The zero-order chi connectivity index (χ0) is 16.2. The van der Waals surface area contributed by atoms with Crippen LogP contribution in [-0.2, 0) is 17.8 Å². The SMILES string of the molecule is COc1ccc2cc(CNC(=O)Cc3csc(C)n3)ccc2c1. The number of aryl methyl sites for hydroxylation is 1. The first-order valence-electron chi connectivity index (χ1n) is 7.38. The number of benzene rings is 2. The van der Waals surface area contributed by atoms with Gasteiger partial charge in [0, 0.05) is 11.9 Å². The van der Waals surface area contributed by atoms with Crippen LogP contribution in [0.25, 0.3) is 10.8 Å². The second-order valence-corrected chi connectivity index (χ2v) is 6.42. The van der Waals surface area contributed by atoms with Gasteiger partial charge in [0.2, 0.25) is 5.91 Å². The number of hydrogen-bond donors (Lipinski definition) is 1. The molecule has 0 saturated heterocycles. The third kappa shape index (κ3) is 3.87. The summed E-state index contributed by atoms with van der Waals surface area (Å²) in [4.78, 5) is 16.3. The molecule has 5 heteroatoms. The van der Waals surface area contributed by atoms with Crippen molar-refractivity contribution < 1.29 is 9.53 Å². The molecule has 0 fully saturated rings. The highest BCUT2D eigenvalue weighted by Crippen LogP contribution is 2.21. The van der Waals surface area contributed by atoms with E-state index in [-0.39, 0.29) is 5.91 Å². The Hall–Kier alpha value is -2.40. The van der Waals surface area contributed by atoms with Crippen molar-refractivity contribution in [2.24, 2.45) is 0 Å². The third-order valence-electron chi connectivity index (χ3n) is 3.61. The average Bonchev–Trinajstić information content (AvgIpc) is 2.97. The molecular formula is C18H18N2O2S. The molecule has 0 unspecified atom stereocenters. The highest BCUT2D eigenvalue weighted by Gasteiger charge is 2.06. The Balaban J connectivity index is 1.63. The van der Waals surface area contributed by atoms with Gasteiger partial charge in [-0.2, -0.15) is 0 Å². The van der Waals surface area contributed by atoms with Crippen LogP contribution in [0.3, 0.4) is 0 Å². The first kappa shape index (κ1) is 15.5. The fourth-order valence-corrected chi connectivity index (χ4v) is 3.04. The molecule has 3 rings (SSSR count). The number of ether oxygens (including phenoxy) is 1. The number of nitrogens with zero attached hydrogens (tertiary/aromatic N) is 1. The number of aromatic nitrogens is 1. The number of methoxy groups -OCH3 is 1. The Morgan fingerprint density at radius 2 is 2.00 bits per heavy atom. The summed E-state index contributed by atoms with van der Waals surface area (Å²) in [7, 11) is 1.66. The van der Waals surface area contributed by atoms with E-state index in [4.69, 9.17) is 4.74 Å². The van der Waals surface area contributed by atoms with Crippen LogP contribution in [0, 0.1) is 6.92 Å². The van der Waals surface area contributed by atoms with E-state index in [1.54, 1.807) is 18.4 Å². The topological polar surface area (TPSA) is 51.2 Å². The van der Waals surface area contributed by atoms with Gasteiger partial charge in [-0.25, -0.2) is 4.98 Å². The van der Waals surface area contributed by atoms with E-state index in [9.17, 15) is 4.79 Å². The highest BCUT2D eigenvalue weighted by atomic mass is 32.1. The second-order valence-electron chi connectivity index (χ2n) is 5.36. The van der Waals surface area contributed by atoms with E-state index in [1.807, 2.05) is 42.6 Å². The molecule has 23 heavy (non-hydrogen) atoms. The number of nitrogens with one attached hydrogen (secondary N) is 1. The highest BCUT2D eigenvalue weighted by molar-refractivity contribution is 7.09. The normalized spacial score (nSPS) is 10.7. The van der Waals surface area contributed by atoms with Crippen LogP contribution in [0.2, 0.25) is 0 Å². The van der Waals surface area contributed by atoms with Crippen LogP contribution in [0.4, 0.5) is 0 Å². The van der Waals surface area contributed by atoms with E-state index in [0.29, 0.717) is 13.0 Å². The predicted octanol–water partition coefficient (Wildman–Crippen LogP) is 3.47. The third-order valence-corrected chi connectivity index (χ3v) is 4.43. The summed E-state index contributed by atoms with van der Waals surface area (Å²) in [6.07, 6.45) is 0.328. The van der Waals surface area contributed by atoms with Crippen LogP contribution >= 0.6 is 11.3 Å². The number of hydrogen-bond acceptors (Lipinski definition) is 4. The summed E-state index contributed by atoms with van der Waals surface area (Å²) >= 11 is 1.56. The molecule has 3 aromatic rings. The van der Waals surface area contributed by atoms with Gasteiger partial charge in [-0.05, 0) is 41.5 Å². The van der Waals surface area contributed by atoms with Gasteiger partial charge in [0.15, 0.2) is 0 Å². The fourth-order valence-electron chi connectivity index (χ4n) is 2.43. The van der Waals surface area contributed by atoms with Crippen LogP contribution in [0.5, 0.6) is 5.75 Å². The molecule has 0 bridgehead atoms. The number of carbonyl (C=O) groups is 1. The Morgan fingerprint density at radius 1 is 1.22 bits per heavy atom. The molecule has 4 nitrogen and oxygen atoms in total. The molecule has 0 saturated carbocycles. The van der Waals surface area contributed by atoms with Gasteiger partial charge in [-0.15, -0.1) is 11.3 Å². The number of fused-ring (bicyclic) bond motifs is 1. The zero-order valence-corrected chi connectivity index (χ0v) is 13.9. The molecule has 0 spiro atoms. The monoisotopic (exact) mass is 326 g/mol. The smallest absolute Gasteiger partial charge is 0.226 e. The molecule has 0 atom stereocenters. The summed E-state index contributed by atoms with van der Waals surface area (Å²) in [5.41, 5.74) is 1.90. The van der Waals surface area contributed by atoms with Gasteiger partial charge < -0.3 is 10.1 Å². The van der Waals surface area contributed by atoms with Gasteiger partial charge in [0.05, 0.1) is 24.2 Å². The lowest BCUT2D eigenvalue weighted by atomic mass is 10.1. The van der Waals surface area contributed by atoms with Crippen LogP contribution < -0.4 is 10.1 Å². The molecule has 118 valence electrons. The number of amides is 1. The zero-order valence-electron chi connectivity index (χ0n) is 13.1. The Morgan fingerprint density at radius 3 is 2.74 bits per heavy atom. The van der Waals surface area contributed by atoms with Crippen LogP contribution in [0.1, 0.15) is 16.3 Å². The van der Waals surface area contributed by atoms with Gasteiger partial charge in [-0.3, -0.25) is 4.79 Å². The maximum atomic E-state index is 12.0. The van der Waals surface area contributed by atoms with Crippen molar-refractivity contribution in [3.05, 3.63) is 58.0 Å². The molecule has 2 aromatic carbocycles. The fraction of sp³-hybridized carbons (Fsp3) is 0.222. The maximum Gasteiger partial charge on any atom is 0.226 e. The molecule has 1 amide bonds. The Kier molecular flexibility index (Phi) is 4.57. The van der Waals surface area contributed by atoms with Crippen LogP contribution in [-0.4, -0.2) is 18.0 Å². The minimum atomic E-state index is -0.00914. The van der Waals surface area contributed by atoms with E-state index >= 15 is 0 Å². The standard InChI is InChI=1S/C18H18N2O2S/c1-12-20-16(11-23-12)9-18(21)19-10-13-3-4-15-8-17(22-2)6-5-14(15)7-13/h3-8,11H,9-10H2,1-2H3,(H,19,21). The molecule has 0 aliphatic rings. The van der Waals surface area contributed by atoms with Crippen molar-refractivity contribution in [3.63, 3.8) is 0 Å². The summed E-state index contributed by atoms with van der Waals surface area (Å²) in [5, 5.41) is 8.11. The van der Waals surface area contributed by atoms with Crippen molar-refractivity contribution in [3.8, 4) is 5.75 Å². The molecule has 0 radical (unpaired) electrons. The molecule has 1 heterocycles. The van der Waals surface area contributed by atoms with Crippen LogP contribution in [0.15, 0.2) is 41.8 Å². The maximum absolute atomic E-state index is 12.0.